The highest BCUT2D eigenvalue weighted by Gasteiger charge is 2.28. The predicted octanol–water partition coefficient (Wildman–Crippen LogP) is 2.34. The van der Waals surface area contributed by atoms with Gasteiger partial charge in [-0.3, -0.25) is 9.69 Å². The van der Waals surface area contributed by atoms with Crippen LogP contribution in [-0.4, -0.2) is 55.0 Å². The summed E-state index contributed by atoms with van der Waals surface area (Å²) in [4.78, 5) is 16.6. The standard InChI is InChI=1S/C16H21Cl2N3O/c1-11-13-9-15(18)14(17)8-12(13)2-5-21(11)10-16(22)20-6-3-19-4-7-20/h8-9,11,19H,2-7,10H2,1H3. The molecule has 1 atom stereocenters. The topological polar surface area (TPSA) is 35.6 Å². The molecular weight excluding hydrogens is 321 g/mol. The van der Waals surface area contributed by atoms with Gasteiger partial charge in [-0.05, 0) is 36.6 Å². The van der Waals surface area contributed by atoms with Crippen molar-refractivity contribution in [1.82, 2.24) is 15.1 Å². The minimum absolute atomic E-state index is 0.186. The maximum Gasteiger partial charge on any atom is 0.236 e. The summed E-state index contributed by atoms with van der Waals surface area (Å²) >= 11 is 12.3. The molecule has 0 saturated carbocycles. The molecule has 0 spiro atoms. The van der Waals surface area contributed by atoms with E-state index >= 15 is 0 Å². The fraction of sp³-hybridized carbons (Fsp3) is 0.562. The molecule has 1 unspecified atom stereocenters. The Hall–Kier alpha value is -0.810. The molecule has 2 aliphatic heterocycles. The van der Waals surface area contributed by atoms with Crippen molar-refractivity contribution >= 4 is 29.1 Å². The molecule has 1 N–H and O–H groups in total. The zero-order valence-electron chi connectivity index (χ0n) is 12.7. The van der Waals surface area contributed by atoms with E-state index in [-0.39, 0.29) is 11.9 Å². The van der Waals surface area contributed by atoms with Crippen molar-refractivity contribution in [2.45, 2.75) is 19.4 Å². The lowest BCUT2D eigenvalue weighted by molar-refractivity contribution is -0.133. The number of nitrogens with zero attached hydrogens (tertiary/aromatic N) is 2. The molecule has 0 radical (unpaired) electrons. The lowest BCUT2D eigenvalue weighted by Gasteiger charge is -2.37. The van der Waals surface area contributed by atoms with E-state index in [2.05, 4.69) is 17.1 Å². The average molecular weight is 342 g/mol. The Labute approximate surface area is 141 Å². The minimum Gasteiger partial charge on any atom is -0.339 e. The van der Waals surface area contributed by atoms with Crippen LogP contribution >= 0.6 is 23.2 Å². The molecule has 6 heteroatoms. The molecule has 4 nitrogen and oxygen atoms in total. The van der Waals surface area contributed by atoms with Gasteiger partial charge in [-0.2, -0.15) is 0 Å². The van der Waals surface area contributed by atoms with E-state index in [4.69, 9.17) is 23.2 Å². The van der Waals surface area contributed by atoms with Crippen molar-refractivity contribution in [2.75, 3.05) is 39.3 Å². The molecule has 1 fully saturated rings. The van der Waals surface area contributed by atoms with Crippen LogP contribution in [0.3, 0.4) is 0 Å². The van der Waals surface area contributed by atoms with E-state index in [1.165, 1.54) is 11.1 Å². The maximum absolute atomic E-state index is 12.5. The van der Waals surface area contributed by atoms with Gasteiger partial charge in [0.05, 0.1) is 16.6 Å². The second-order valence-corrected chi connectivity index (χ2v) is 6.81. The SMILES string of the molecule is CC1c2cc(Cl)c(Cl)cc2CCN1CC(=O)N1CCNCC1. The number of halogens is 2. The van der Waals surface area contributed by atoms with Gasteiger partial charge in [0.1, 0.15) is 0 Å². The van der Waals surface area contributed by atoms with Gasteiger partial charge in [0.2, 0.25) is 5.91 Å². The fourth-order valence-electron chi connectivity index (χ4n) is 3.27. The van der Waals surface area contributed by atoms with Crippen molar-refractivity contribution in [3.63, 3.8) is 0 Å². The highest BCUT2D eigenvalue weighted by Crippen LogP contribution is 2.35. The third-order valence-electron chi connectivity index (χ3n) is 4.66. The molecule has 1 aromatic carbocycles. The summed E-state index contributed by atoms with van der Waals surface area (Å²) < 4.78 is 0. The third-order valence-corrected chi connectivity index (χ3v) is 5.38. The maximum atomic E-state index is 12.5. The molecule has 22 heavy (non-hydrogen) atoms. The number of hydrogen-bond donors (Lipinski definition) is 1. The number of rotatable bonds is 2. The third kappa shape index (κ3) is 3.25. The van der Waals surface area contributed by atoms with Gasteiger partial charge in [0.25, 0.3) is 0 Å². The largest absolute Gasteiger partial charge is 0.339 e. The molecule has 120 valence electrons. The summed E-state index contributed by atoms with van der Waals surface area (Å²) in [6.45, 7) is 6.87. The van der Waals surface area contributed by atoms with Crippen LogP contribution in [0.4, 0.5) is 0 Å². The van der Waals surface area contributed by atoms with Crippen molar-refractivity contribution < 1.29 is 4.79 Å². The summed E-state index contributed by atoms with van der Waals surface area (Å²) in [5.41, 5.74) is 2.43. The van der Waals surface area contributed by atoms with Gasteiger partial charge in [-0.1, -0.05) is 23.2 Å². The van der Waals surface area contributed by atoms with E-state index < -0.39 is 0 Å². The first-order chi connectivity index (χ1) is 10.6. The van der Waals surface area contributed by atoms with Gasteiger partial charge in [-0.15, -0.1) is 0 Å². The molecule has 0 aromatic heterocycles. The van der Waals surface area contributed by atoms with Crippen molar-refractivity contribution in [3.05, 3.63) is 33.3 Å². The molecule has 1 aromatic rings. The quantitative estimate of drug-likeness (QED) is 0.896. The summed E-state index contributed by atoms with van der Waals surface area (Å²) in [7, 11) is 0. The number of nitrogens with one attached hydrogen (secondary N) is 1. The fourth-order valence-corrected chi connectivity index (χ4v) is 3.63. The Morgan fingerprint density at radius 3 is 2.64 bits per heavy atom. The molecule has 1 saturated heterocycles. The van der Waals surface area contributed by atoms with Crippen LogP contribution in [0.1, 0.15) is 24.1 Å². The van der Waals surface area contributed by atoms with E-state index in [0.29, 0.717) is 16.6 Å². The molecule has 2 aliphatic rings. The molecule has 1 amide bonds. The summed E-state index contributed by atoms with van der Waals surface area (Å²) in [5.74, 6) is 0.219. The van der Waals surface area contributed by atoms with Crippen LogP contribution in [0.5, 0.6) is 0 Å². The highest BCUT2D eigenvalue weighted by atomic mass is 35.5. The number of carbonyl (C=O) groups is 1. The Kier molecular flexibility index (Phi) is 4.93. The number of amides is 1. The van der Waals surface area contributed by atoms with Crippen molar-refractivity contribution in [3.8, 4) is 0 Å². The van der Waals surface area contributed by atoms with Crippen LogP contribution in [0.25, 0.3) is 0 Å². The summed E-state index contributed by atoms with van der Waals surface area (Å²) in [5, 5.41) is 4.47. The second-order valence-electron chi connectivity index (χ2n) is 5.99. The lowest BCUT2D eigenvalue weighted by atomic mass is 9.93. The van der Waals surface area contributed by atoms with Crippen LogP contribution in [0.2, 0.25) is 10.0 Å². The zero-order chi connectivity index (χ0) is 15.7. The number of piperazine rings is 1. The second kappa shape index (κ2) is 6.75. The first-order valence-electron chi connectivity index (χ1n) is 7.76. The number of carbonyl (C=O) groups excluding carboxylic acids is 1. The van der Waals surface area contributed by atoms with Gasteiger partial charge >= 0.3 is 0 Å². The van der Waals surface area contributed by atoms with E-state index in [9.17, 15) is 4.79 Å². The lowest BCUT2D eigenvalue weighted by Crippen LogP contribution is -2.50. The Morgan fingerprint density at radius 2 is 1.91 bits per heavy atom. The van der Waals surface area contributed by atoms with Crippen LogP contribution < -0.4 is 5.32 Å². The Morgan fingerprint density at radius 1 is 1.23 bits per heavy atom. The first-order valence-corrected chi connectivity index (χ1v) is 8.52. The van der Waals surface area contributed by atoms with Crippen molar-refractivity contribution in [2.24, 2.45) is 0 Å². The van der Waals surface area contributed by atoms with Gasteiger partial charge in [-0.25, -0.2) is 0 Å². The molecule has 0 bridgehead atoms. The van der Waals surface area contributed by atoms with Crippen LogP contribution in [-0.2, 0) is 11.2 Å². The number of hydrogen-bond acceptors (Lipinski definition) is 3. The van der Waals surface area contributed by atoms with Gasteiger partial charge < -0.3 is 10.2 Å². The van der Waals surface area contributed by atoms with E-state index in [0.717, 1.165) is 39.1 Å². The van der Waals surface area contributed by atoms with E-state index in [1.807, 2.05) is 17.0 Å². The molecule has 0 aliphatic carbocycles. The Bertz CT molecular complexity index is 573. The van der Waals surface area contributed by atoms with Crippen molar-refractivity contribution in [1.29, 1.82) is 0 Å². The highest BCUT2D eigenvalue weighted by molar-refractivity contribution is 6.42. The minimum atomic E-state index is 0.186. The normalized spacial score (nSPS) is 22.5. The van der Waals surface area contributed by atoms with Gasteiger partial charge in [0.15, 0.2) is 0 Å². The van der Waals surface area contributed by atoms with Crippen LogP contribution in [0.15, 0.2) is 12.1 Å². The Balaban J connectivity index is 1.71. The zero-order valence-corrected chi connectivity index (χ0v) is 14.3. The predicted molar refractivity (Wildman–Crippen MR) is 89.6 cm³/mol. The number of benzene rings is 1. The molecular formula is C16H21Cl2N3O. The monoisotopic (exact) mass is 341 g/mol. The van der Waals surface area contributed by atoms with Crippen LogP contribution in [0, 0.1) is 0 Å². The summed E-state index contributed by atoms with van der Waals surface area (Å²) in [6, 6.07) is 4.10. The number of fused-ring (bicyclic) bond motifs is 1. The smallest absolute Gasteiger partial charge is 0.236 e. The summed E-state index contributed by atoms with van der Waals surface area (Å²) in [6.07, 6.45) is 0.908. The first kappa shape index (κ1) is 16.1. The molecule has 2 heterocycles. The van der Waals surface area contributed by atoms with E-state index in [1.54, 1.807) is 0 Å². The average Bonchev–Trinajstić information content (AvgIpc) is 2.53. The molecule has 3 rings (SSSR count). The van der Waals surface area contributed by atoms with Gasteiger partial charge in [0, 0.05) is 38.8 Å².